The first-order valence-electron chi connectivity index (χ1n) is 5.74. The molecule has 0 bridgehead atoms. The Morgan fingerprint density at radius 3 is 2.69 bits per heavy atom. The lowest BCUT2D eigenvalue weighted by atomic mass is 9.91. The molecule has 0 aliphatic heterocycles. The molecule has 0 saturated carbocycles. The van der Waals surface area contributed by atoms with Crippen LogP contribution in [0.1, 0.15) is 37.0 Å². The number of aryl methyl sites for hydroxylation is 1. The largest absolute Gasteiger partial charge is 0.388 e. The second-order valence-corrected chi connectivity index (χ2v) is 4.25. The fourth-order valence-corrected chi connectivity index (χ4v) is 1.92. The van der Waals surface area contributed by atoms with Gasteiger partial charge in [0.05, 0.1) is 6.10 Å². The first-order chi connectivity index (χ1) is 7.60. The van der Waals surface area contributed by atoms with E-state index < -0.39 is 6.10 Å². The van der Waals surface area contributed by atoms with E-state index in [0.717, 1.165) is 18.4 Å². The van der Waals surface area contributed by atoms with Crippen molar-refractivity contribution in [1.82, 2.24) is 0 Å². The van der Waals surface area contributed by atoms with Gasteiger partial charge in [0.15, 0.2) is 0 Å². The van der Waals surface area contributed by atoms with Gasteiger partial charge in [-0.05, 0) is 26.0 Å². The Morgan fingerprint density at radius 1 is 1.44 bits per heavy atom. The Morgan fingerprint density at radius 2 is 2.12 bits per heavy atom. The summed E-state index contributed by atoms with van der Waals surface area (Å²) in [6.07, 6.45) is 0.946. The normalized spacial score (nSPS) is 14.8. The van der Waals surface area contributed by atoms with Crippen LogP contribution in [0, 0.1) is 18.7 Å². The average Bonchev–Trinajstić information content (AvgIpc) is 2.28. The summed E-state index contributed by atoms with van der Waals surface area (Å²) >= 11 is 0. The highest BCUT2D eigenvalue weighted by molar-refractivity contribution is 5.26. The van der Waals surface area contributed by atoms with Gasteiger partial charge in [-0.2, -0.15) is 0 Å². The van der Waals surface area contributed by atoms with E-state index in [-0.39, 0.29) is 11.7 Å². The maximum Gasteiger partial charge on any atom is 0.129 e. The van der Waals surface area contributed by atoms with Crippen LogP contribution in [0.4, 0.5) is 4.39 Å². The van der Waals surface area contributed by atoms with Gasteiger partial charge in [0.1, 0.15) is 5.82 Å². The molecule has 1 rings (SSSR count). The minimum absolute atomic E-state index is 0.0682. The van der Waals surface area contributed by atoms with Crippen molar-refractivity contribution in [3.05, 3.63) is 35.1 Å². The fraction of sp³-hybridized carbons (Fsp3) is 0.538. The summed E-state index contributed by atoms with van der Waals surface area (Å²) in [6.45, 7) is 4.29. The maximum absolute atomic E-state index is 13.6. The highest BCUT2D eigenvalue weighted by Gasteiger charge is 2.21. The van der Waals surface area contributed by atoms with Gasteiger partial charge < -0.3 is 10.8 Å². The Balaban J connectivity index is 2.93. The molecule has 0 aliphatic rings. The van der Waals surface area contributed by atoms with Crippen LogP contribution in [-0.4, -0.2) is 11.7 Å². The number of rotatable bonds is 5. The van der Waals surface area contributed by atoms with Crippen molar-refractivity contribution < 1.29 is 9.50 Å². The molecule has 1 aromatic rings. The summed E-state index contributed by atoms with van der Waals surface area (Å²) in [5.41, 5.74) is 6.91. The van der Waals surface area contributed by atoms with Gasteiger partial charge in [-0.25, -0.2) is 4.39 Å². The minimum atomic E-state index is -0.801. The van der Waals surface area contributed by atoms with Crippen molar-refractivity contribution in [3.63, 3.8) is 0 Å². The Kier molecular flexibility index (Phi) is 4.90. The van der Waals surface area contributed by atoms with Crippen molar-refractivity contribution in [1.29, 1.82) is 0 Å². The van der Waals surface area contributed by atoms with Crippen LogP contribution in [0.3, 0.4) is 0 Å². The Labute approximate surface area is 96.3 Å². The molecule has 90 valence electrons. The molecule has 0 spiro atoms. The second-order valence-electron chi connectivity index (χ2n) is 4.25. The number of aliphatic hydroxyl groups excluding tert-OH is 1. The molecule has 2 nitrogen and oxygen atoms in total. The van der Waals surface area contributed by atoms with E-state index in [9.17, 15) is 9.50 Å². The molecular weight excluding hydrogens is 205 g/mol. The van der Waals surface area contributed by atoms with Crippen molar-refractivity contribution in [2.24, 2.45) is 11.7 Å². The first kappa shape index (κ1) is 13.1. The first-order valence-corrected chi connectivity index (χ1v) is 5.74. The molecule has 16 heavy (non-hydrogen) atoms. The number of halogens is 1. The standard InChI is InChI=1S/C13H20FNO/c1-3-4-10(8-15)13(16)11-7-9(2)5-6-12(11)14/h5-7,10,13,16H,3-4,8,15H2,1-2H3. The van der Waals surface area contributed by atoms with Crippen LogP contribution in [0.15, 0.2) is 18.2 Å². The summed E-state index contributed by atoms with van der Waals surface area (Å²) < 4.78 is 13.6. The monoisotopic (exact) mass is 225 g/mol. The zero-order chi connectivity index (χ0) is 12.1. The third-order valence-electron chi connectivity index (χ3n) is 2.88. The summed E-state index contributed by atoms with van der Waals surface area (Å²) in [6, 6.07) is 4.79. The lowest BCUT2D eigenvalue weighted by Crippen LogP contribution is -2.22. The van der Waals surface area contributed by atoms with Crippen LogP contribution >= 0.6 is 0 Å². The van der Waals surface area contributed by atoms with Gasteiger partial charge in [0, 0.05) is 11.5 Å². The minimum Gasteiger partial charge on any atom is -0.388 e. The molecule has 0 fully saturated rings. The van der Waals surface area contributed by atoms with E-state index in [1.807, 2.05) is 13.8 Å². The smallest absolute Gasteiger partial charge is 0.129 e. The number of hydrogen-bond donors (Lipinski definition) is 2. The molecule has 3 N–H and O–H groups in total. The van der Waals surface area contributed by atoms with Crippen molar-refractivity contribution in [3.8, 4) is 0 Å². The van der Waals surface area contributed by atoms with Crippen molar-refractivity contribution >= 4 is 0 Å². The summed E-state index contributed by atoms with van der Waals surface area (Å²) in [4.78, 5) is 0. The van der Waals surface area contributed by atoms with Gasteiger partial charge in [-0.15, -0.1) is 0 Å². The van der Waals surface area contributed by atoms with Crippen LogP contribution in [0.25, 0.3) is 0 Å². The SMILES string of the molecule is CCCC(CN)C(O)c1cc(C)ccc1F. The van der Waals surface area contributed by atoms with Gasteiger partial charge in [-0.3, -0.25) is 0 Å². The molecule has 0 amide bonds. The fourth-order valence-electron chi connectivity index (χ4n) is 1.92. The lowest BCUT2D eigenvalue weighted by molar-refractivity contribution is 0.103. The summed E-state index contributed by atoms with van der Waals surface area (Å²) in [7, 11) is 0. The molecule has 0 radical (unpaired) electrons. The molecular formula is C13H20FNO. The number of aliphatic hydroxyl groups is 1. The highest BCUT2D eigenvalue weighted by Crippen LogP contribution is 2.27. The number of hydrogen-bond acceptors (Lipinski definition) is 2. The van der Waals surface area contributed by atoms with E-state index in [1.165, 1.54) is 6.07 Å². The van der Waals surface area contributed by atoms with Crippen LogP contribution in [-0.2, 0) is 0 Å². The van der Waals surface area contributed by atoms with E-state index in [2.05, 4.69) is 0 Å². The van der Waals surface area contributed by atoms with Crippen molar-refractivity contribution in [2.45, 2.75) is 32.8 Å². The number of benzene rings is 1. The molecule has 2 atom stereocenters. The second kappa shape index (κ2) is 5.97. The van der Waals surface area contributed by atoms with Crippen LogP contribution in [0.2, 0.25) is 0 Å². The molecule has 1 aromatic carbocycles. The van der Waals surface area contributed by atoms with Gasteiger partial charge in [0.2, 0.25) is 0 Å². The Hall–Kier alpha value is -0.930. The molecule has 2 unspecified atom stereocenters. The van der Waals surface area contributed by atoms with E-state index in [1.54, 1.807) is 12.1 Å². The van der Waals surface area contributed by atoms with Crippen LogP contribution < -0.4 is 5.73 Å². The quantitative estimate of drug-likeness (QED) is 0.809. The average molecular weight is 225 g/mol. The molecule has 0 saturated heterocycles. The molecule has 0 aromatic heterocycles. The van der Waals surface area contributed by atoms with E-state index in [4.69, 9.17) is 5.73 Å². The summed E-state index contributed by atoms with van der Waals surface area (Å²) in [5.74, 6) is -0.422. The molecule has 0 aliphatic carbocycles. The zero-order valence-electron chi connectivity index (χ0n) is 9.91. The zero-order valence-corrected chi connectivity index (χ0v) is 9.91. The molecule has 3 heteroatoms. The predicted octanol–water partition coefficient (Wildman–Crippen LogP) is 2.54. The summed E-state index contributed by atoms with van der Waals surface area (Å²) in [5, 5.41) is 10.1. The van der Waals surface area contributed by atoms with Gasteiger partial charge in [0.25, 0.3) is 0 Å². The maximum atomic E-state index is 13.6. The lowest BCUT2D eigenvalue weighted by Gasteiger charge is -2.22. The predicted molar refractivity (Wildman–Crippen MR) is 63.5 cm³/mol. The van der Waals surface area contributed by atoms with Gasteiger partial charge in [-0.1, -0.05) is 31.0 Å². The number of nitrogens with two attached hydrogens (primary N) is 1. The highest BCUT2D eigenvalue weighted by atomic mass is 19.1. The topological polar surface area (TPSA) is 46.2 Å². The Bertz CT molecular complexity index is 341. The third-order valence-corrected chi connectivity index (χ3v) is 2.88. The van der Waals surface area contributed by atoms with Crippen molar-refractivity contribution in [2.75, 3.05) is 6.54 Å². The van der Waals surface area contributed by atoms with Gasteiger partial charge >= 0.3 is 0 Å². The van der Waals surface area contributed by atoms with E-state index >= 15 is 0 Å². The third kappa shape index (κ3) is 3.03. The van der Waals surface area contributed by atoms with E-state index in [0.29, 0.717) is 12.1 Å². The molecule has 0 heterocycles. The van der Waals surface area contributed by atoms with Crippen LogP contribution in [0.5, 0.6) is 0 Å².